The Labute approximate surface area is 88.2 Å². The number of hydrogen-bond donors (Lipinski definition) is 1. The van der Waals surface area contributed by atoms with Crippen LogP contribution in [0.1, 0.15) is 6.42 Å². The molecule has 1 N–H and O–H groups in total. The second kappa shape index (κ2) is 4.61. The molecule has 0 aromatic carbocycles. The van der Waals surface area contributed by atoms with E-state index in [9.17, 15) is 13.2 Å². The molecule has 1 heterocycles. The molecule has 1 unspecified atom stereocenters. The first-order valence-corrected chi connectivity index (χ1v) is 5.64. The summed E-state index contributed by atoms with van der Waals surface area (Å²) in [4.78, 5) is 12.7. The molecule has 7 heteroatoms. The van der Waals surface area contributed by atoms with Gasteiger partial charge < -0.3 is 4.90 Å². The zero-order valence-corrected chi connectivity index (χ0v) is 8.74. The first kappa shape index (κ1) is 12.0. The van der Waals surface area contributed by atoms with Crippen molar-refractivity contribution in [1.82, 2.24) is 4.90 Å². The lowest BCUT2D eigenvalue weighted by atomic mass is 10.1. The van der Waals surface area contributed by atoms with Crippen LogP contribution in [-0.2, 0) is 19.4 Å². The molecule has 1 atom stereocenters. The van der Waals surface area contributed by atoms with E-state index in [2.05, 4.69) is 10.1 Å². The van der Waals surface area contributed by atoms with Gasteiger partial charge in [-0.2, -0.15) is 8.42 Å². The highest BCUT2D eigenvalue weighted by molar-refractivity contribution is 7.80. The fourth-order valence-electron chi connectivity index (χ4n) is 1.35. The number of hydrogen-bond acceptors (Lipinski definition) is 4. The summed E-state index contributed by atoms with van der Waals surface area (Å²) >= 11 is 0. The molecular weight excluding hydrogens is 222 g/mol. The lowest BCUT2D eigenvalue weighted by molar-refractivity contribution is -0.128. The van der Waals surface area contributed by atoms with Gasteiger partial charge in [-0.3, -0.25) is 9.35 Å². The molecule has 1 saturated heterocycles. The third-order valence-electron chi connectivity index (χ3n) is 2.04. The van der Waals surface area contributed by atoms with Crippen molar-refractivity contribution in [2.75, 3.05) is 19.7 Å². The predicted molar refractivity (Wildman–Crippen MR) is 51.0 cm³/mol. The van der Waals surface area contributed by atoms with E-state index in [0.717, 1.165) is 0 Å². The first-order valence-electron chi connectivity index (χ1n) is 4.28. The smallest absolute Gasteiger partial charge is 0.339 e. The summed E-state index contributed by atoms with van der Waals surface area (Å²) in [7, 11) is -4.43. The average Bonchev–Trinajstić information content (AvgIpc) is 2.45. The molecule has 1 amide bonds. The summed E-state index contributed by atoms with van der Waals surface area (Å²) in [5, 5.41) is 0. The Morgan fingerprint density at radius 2 is 2.33 bits per heavy atom. The van der Waals surface area contributed by atoms with E-state index in [1.54, 1.807) is 0 Å². The molecule has 6 nitrogen and oxygen atoms in total. The Balaban J connectivity index is 2.35. The fourth-order valence-corrected chi connectivity index (χ4v) is 1.64. The molecule has 0 radical (unpaired) electrons. The van der Waals surface area contributed by atoms with Crippen molar-refractivity contribution >= 4 is 16.3 Å². The third kappa shape index (κ3) is 3.87. The van der Waals surface area contributed by atoms with E-state index in [4.69, 9.17) is 11.0 Å². The number of carbonyl (C=O) groups is 1. The maximum atomic E-state index is 11.3. The molecule has 1 aliphatic heterocycles. The molecule has 84 valence electrons. The number of likely N-dealkylation sites (tertiary alicyclic amines) is 1. The number of carbonyl (C=O) groups excluding carboxylic acids is 1. The maximum absolute atomic E-state index is 11.3. The van der Waals surface area contributed by atoms with Crippen molar-refractivity contribution in [1.29, 1.82) is 0 Å². The minimum atomic E-state index is -4.43. The van der Waals surface area contributed by atoms with Gasteiger partial charge in [0.25, 0.3) is 0 Å². The van der Waals surface area contributed by atoms with Crippen LogP contribution in [0.25, 0.3) is 0 Å². The molecule has 0 aliphatic carbocycles. The average molecular weight is 233 g/mol. The molecule has 0 aromatic heterocycles. The predicted octanol–water partition coefficient (Wildman–Crippen LogP) is -0.712. The van der Waals surface area contributed by atoms with Crippen LogP contribution in [0.2, 0.25) is 0 Å². The standard InChI is InChI=1S/C8H11NO5S/c1-2-7-5-8(10)9(6-7)3-4-14-15(11,12)13/h1,7H,3-6H2,(H,11,12,13). The topological polar surface area (TPSA) is 83.9 Å². The van der Waals surface area contributed by atoms with Crippen LogP contribution in [0, 0.1) is 18.3 Å². The molecular formula is C8H11NO5S. The normalized spacial score (nSPS) is 21.7. The summed E-state index contributed by atoms with van der Waals surface area (Å²) in [6.45, 7) is 0.253. The number of terminal acetylenes is 1. The van der Waals surface area contributed by atoms with Crippen LogP contribution in [0.5, 0.6) is 0 Å². The van der Waals surface area contributed by atoms with Gasteiger partial charge in [0.05, 0.1) is 6.61 Å². The second-order valence-electron chi connectivity index (χ2n) is 3.16. The Hall–Kier alpha value is -1.10. The fraction of sp³-hybridized carbons (Fsp3) is 0.625. The zero-order valence-electron chi connectivity index (χ0n) is 7.92. The number of rotatable bonds is 4. The van der Waals surface area contributed by atoms with Crippen LogP contribution >= 0.6 is 0 Å². The van der Waals surface area contributed by atoms with E-state index in [1.165, 1.54) is 4.90 Å². The van der Waals surface area contributed by atoms with E-state index < -0.39 is 10.4 Å². The minimum Gasteiger partial charge on any atom is -0.339 e. The molecule has 1 fully saturated rings. The third-order valence-corrected chi connectivity index (χ3v) is 2.51. The second-order valence-corrected chi connectivity index (χ2v) is 4.25. The Kier molecular flexibility index (Phi) is 3.68. The molecule has 0 saturated carbocycles. The summed E-state index contributed by atoms with van der Waals surface area (Å²) in [6, 6.07) is 0. The van der Waals surface area contributed by atoms with Crippen molar-refractivity contribution in [2.45, 2.75) is 6.42 Å². The van der Waals surface area contributed by atoms with Crippen LogP contribution in [0.15, 0.2) is 0 Å². The molecule has 1 aliphatic rings. The highest BCUT2D eigenvalue weighted by Gasteiger charge is 2.27. The van der Waals surface area contributed by atoms with Crippen LogP contribution in [-0.4, -0.2) is 43.5 Å². The summed E-state index contributed by atoms with van der Waals surface area (Å²) in [5.74, 6) is 2.21. The highest BCUT2D eigenvalue weighted by atomic mass is 32.3. The SMILES string of the molecule is C#CC1CC(=O)N(CCOS(=O)(=O)O)C1. The maximum Gasteiger partial charge on any atom is 0.397 e. The number of amides is 1. The van der Waals surface area contributed by atoms with Gasteiger partial charge in [-0.25, -0.2) is 4.18 Å². The van der Waals surface area contributed by atoms with Gasteiger partial charge in [0.2, 0.25) is 5.91 Å². The van der Waals surface area contributed by atoms with Gasteiger partial charge in [-0.05, 0) is 0 Å². The van der Waals surface area contributed by atoms with Crippen molar-refractivity contribution < 1.29 is 21.9 Å². The monoisotopic (exact) mass is 233 g/mol. The van der Waals surface area contributed by atoms with Crippen molar-refractivity contribution in [2.24, 2.45) is 5.92 Å². The quantitative estimate of drug-likeness (QED) is 0.512. The van der Waals surface area contributed by atoms with Crippen molar-refractivity contribution in [3.8, 4) is 12.3 Å². The summed E-state index contributed by atoms with van der Waals surface area (Å²) in [5.41, 5.74) is 0. The van der Waals surface area contributed by atoms with Gasteiger partial charge in [0.1, 0.15) is 0 Å². The van der Waals surface area contributed by atoms with Crippen molar-refractivity contribution in [3.63, 3.8) is 0 Å². The van der Waals surface area contributed by atoms with E-state index >= 15 is 0 Å². The van der Waals surface area contributed by atoms with Gasteiger partial charge in [0.15, 0.2) is 0 Å². The van der Waals surface area contributed by atoms with Gasteiger partial charge in [0, 0.05) is 25.4 Å². The number of nitrogens with zero attached hydrogens (tertiary/aromatic N) is 1. The first-order chi connectivity index (χ1) is 6.92. The van der Waals surface area contributed by atoms with Gasteiger partial charge in [-0.15, -0.1) is 12.3 Å². The van der Waals surface area contributed by atoms with Crippen LogP contribution in [0.3, 0.4) is 0 Å². The lowest BCUT2D eigenvalue weighted by Crippen LogP contribution is -2.29. The molecule has 1 rings (SSSR count). The van der Waals surface area contributed by atoms with Crippen LogP contribution < -0.4 is 0 Å². The lowest BCUT2D eigenvalue weighted by Gasteiger charge is -2.14. The minimum absolute atomic E-state index is 0.108. The summed E-state index contributed by atoms with van der Waals surface area (Å²) < 4.78 is 32.8. The van der Waals surface area contributed by atoms with E-state index in [-0.39, 0.29) is 31.4 Å². The van der Waals surface area contributed by atoms with Crippen molar-refractivity contribution in [3.05, 3.63) is 0 Å². The molecule has 15 heavy (non-hydrogen) atoms. The zero-order chi connectivity index (χ0) is 11.5. The molecule has 0 bridgehead atoms. The largest absolute Gasteiger partial charge is 0.397 e. The van der Waals surface area contributed by atoms with Crippen LogP contribution in [0.4, 0.5) is 0 Å². The molecule has 0 aromatic rings. The summed E-state index contributed by atoms with van der Waals surface area (Å²) in [6.07, 6.45) is 5.44. The van der Waals surface area contributed by atoms with E-state index in [0.29, 0.717) is 6.54 Å². The Bertz CT molecular complexity index is 382. The Morgan fingerprint density at radius 1 is 1.67 bits per heavy atom. The molecule has 0 spiro atoms. The van der Waals surface area contributed by atoms with Gasteiger partial charge >= 0.3 is 10.4 Å². The van der Waals surface area contributed by atoms with Gasteiger partial charge in [-0.1, -0.05) is 0 Å². The Morgan fingerprint density at radius 3 is 2.80 bits per heavy atom. The van der Waals surface area contributed by atoms with E-state index in [1.807, 2.05) is 0 Å². The highest BCUT2D eigenvalue weighted by Crippen LogP contribution is 2.16.